The van der Waals surface area contributed by atoms with Crippen LogP contribution in [0.25, 0.3) is 88.3 Å². The minimum atomic E-state index is 0.624. The summed E-state index contributed by atoms with van der Waals surface area (Å²) in [5, 5.41) is 6.79. The summed E-state index contributed by atoms with van der Waals surface area (Å²) in [4.78, 5) is 7.39. The Morgan fingerprint density at radius 3 is 1.48 bits per heavy atom. The molecule has 0 spiro atoms. The predicted octanol–water partition coefficient (Wildman–Crippen LogP) is 15.4. The van der Waals surface area contributed by atoms with E-state index < -0.39 is 0 Å². The zero-order chi connectivity index (χ0) is 38.4. The maximum absolute atomic E-state index is 6.68. The van der Waals surface area contributed by atoms with E-state index in [2.05, 4.69) is 193 Å². The van der Waals surface area contributed by atoms with Crippen LogP contribution in [0.15, 0.2) is 223 Å². The molecule has 0 fully saturated rings. The third-order valence-corrected chi connectivity index (χ3v) is 11.2. The summed E-state index contributed by atoms with van der Waals surface area (Å²) in [6.07, 6.45) is 0. The van der Waals surface area contributed by atoms with Gasteiger partial charge in [0.05, 0.1) is 5.69 Å². The van der Waals surface area contributed by atoms with E-state index in [1.807, 2.05) is 30.3 Å². The van der Waals surface area contributed by atoms with Gasteiger partial charge in [-0.25, -0.2) is 4.98 Å². The summed E-state index contributed by atoms with van der Waals surface area (Å²) < 4.78 is 6.68. The van der Waals surface area contributed by atoms with Crippen molar-refractivity contribution in [3.8, 4) is 44.8 Å². The lowest BCUT2D eigenvalue weighted by Crippen LogP contribution is -2.11. The number of hydrogen-bond acceptors (Lipinski definition) is 3. The molecule has 272 valence electrons. The summed E-state index contributed by atoms with van der Waals surface area (Å²) in [5.41, 5.74) is 12.8. The first-order valence-electron chi connectivity index (χ1n) is 19.7. The smallest absolute Gasteiger partial charge is 0.227 e. The molecule has 11 aromatic rings. The number of oxazole rings is 1. The van der Waals surface area contributed by atoms with Crippen LogP contribution in [-0.2, 0) is 0 Å². The molecule has 0 aliphatic heterocycles. The summed E-state index contributed by atoms with van der Waals surface area (Å²) in [6.45, 7) is 0. The van der Waals surface area contributed by atoms with Crippen molar-refractivity contribution >= 4 is 60.5 Å². The van der Waals surface area contributed by atoms with Gasteiger partial charge in [-0.05, 0) is 104 Å². The van der Waals surface area contributed by atoms with Gasteiger partial charge in [0.15, 0.2) is 5.58 Å². The van der Waals surface area contributed by atoms with Crippen LogP contribution < -0.4 is 4.90 Å². The fraction of sp³-hybridized carbons (Fsp3) is 0. The molecule has 3 heteroatoms. The number of nitrogens with zero attached hydrogens (tertiary/aromatic N) is 2. The van der Waals surface area contributed by atoms with Crippen LogP contribution in [0.2, 0.25) is 0 Å². The summed E-state index contributed by atoms with van der Waals surface area (Å²) >= 11 is 0. The highest BCUT2D eigenvalue weighted by atomic mass is 16.3. The molecule has 0 saturated carbocycles. The number of fused-ring (bicyclic) bond motifs is 7. The molecule has 11 rings (SSSR count). The molecule has 0 atom stereocenters. The number of rotatable bonds is 7. The SMILES string of the molecule is c1ccc(-c2ccc(N(c3cc(-c4ccccc4)cc(-c4ccccc4)c3)c3cccc4c3ccc3ccc5ccc6nc(-c7ccccc7)oc6c5c34)cc2)cc1. The second kappa shape index (κ2) is 14.1. The monoisotopic (exact) mass is 740 g/mol. The van der Waals surface area contributed by atoms with Crippen molar-refractivity contribution in [2.75, 3.05) is 4.90 Å². The molecular weight excluding hydrogens is 705 g/mol. The third kappa shape index (κ3) is 5.89. The molecule has 0 amide bonds. The molecule has 1 heterocycles. The van der Waals surface area contributed by atoms with Crippen molar-refractivity contribution in [3.05, 3.63) is 218 Å². The Morgan fingerprint density at radius 1 is 0.345 bits per heavy atom. The van der Waals surface area contributed by atoms with E-state index in [1.54, 1.807) is 0 Å². The van der Waals surface area contributed by atoms with Gasteiger partial charge >= 0.3 is 0 Å². The van der Waals surface area contributed by atoms with Gasteiger partial charge < -0.3 is 9.32 Å². The molecule has 0 aliphatic carbocycles. The van der Waals surface area contributed by atoms with Crippen LogP contribution >= 0.6 is 0 Å². The highest BCUT2D eigenvalue weighted by Crippen LogP contribution is 2.45. The summed E-state index contributed by atoms with van der Waals surface area (Å²) in [7, 11) is 0. The standard InChI is InChI=1S/C55H36N2O/c1-5-14-37(15-6-1)40-26-30-46(31-27-40)57(47-35-44(38-16-7-2-8-17-38)34-45(36-47)39-18-9-3-10-19-39)51-23-13-22-49-48(51)32-28-41-24-25-42-29-33-50-54(53(42)52(41)49)58-55(56-50)43-20-11-4-12-21-43/h1-36H. The second-order valence-corrected chi connectivity index (χ2v) is 14.7. The number of benzene rings is 10. The molecule has 3 nitrogen and oxygen atoms in total. The first-order chi connectivity index (χ1) is 28.7. The summed E-state index contributed by atoms with van der Waals surface area (Å²) in [6, 6.07) is 77.8. The van der Waals surface area contributed by atoms with Crippen molar-refractivity contribution < 1.29 is 4.42 Å². The second-order valence-electron chi connectivity index (χ2n) is 14.7. The molecule has 0 radical (unpaired) electrons. The van der Waals surface area contributed by atoms with Gasteiger partial charge in [0.2, 0.25) is 5.89 Å². The van der Waals surface area contributed by atoms with Crippen LogP contribution in [0.5, 0.6) is 0 Å². The third-order valence-electron chi connectivity index (χ3n) is 11.2. The zero-order valence-electron chi connectivity index (χ0n) is 31.6. The summed E-state index contributed by atoms with van der Waals surface area (Å²) in [5.74, 6) is 0.624. The maximum Gasteiger partial charge on any atom is 0.227 e. The van der Waals surface area contributed by atoms with Gasteiger partial charge in [-0.1, -0.05) is 164 Å². The Bertz CT molecular complexity index is 3190. The van der Waals surface area contributed by atoms with Crippen molar-refractivity contribution in [1.29, 1.82) is 0 Å². The highest BCUT2D eigenvalue weighted by Gasteiger charge is 2.21. The number of aromatic nitrogens is 1. The number of hydrogen-bond donors (Lipinski definition) is 0. The van der Waals surface area contributed by atoms with Crippen LogP contribution in [0, 0.1) is 0 Å². The topological polar surface area (TPSA) is 29.3 Å². The van der Waals surface area contributed by atoms with Crippen LogP contribution in [0.3, 0.4) is 0 Å². The first-order valence-corrected chi connectivity index (χ1v) is 19.7. The molecule has 1 aromatic heterocycles. The van der Waals surface area contributed by atoms with Crippen molar-refractivity contribution in [3.63, 3.8) is 0 Å². The van der Waals surface area contributed by atoms with E-state index in [-0.39, 0.29) is 0 Å². The highest BCUT2D eigenvalue weighted by molar-refractivity contribution is 6.27. The largest absolute Gasteiger partial charge is 0.435 e. The van der Waals surface area contributed by atoms with Crippen molar-refractivity contribution in [1.82, 2.24) is 4.98 Å². The van der Waals surface area contributed by atoms with Gasteiger partial charge in [-0.3, -0.25) is 0 Å². The zero-order valence-corrected chi connectivity index (χ0v) is 31.6. The lowest BCUT2D eigenvalue weighted by atomic mass is 9.94. The minimum Gasteiger partial charge on any atom is -0.435 e. The normalized spacial score (nSPS) is 11.4. The predicted molar refractivity (Wildman–Crippen MR) is 243 cm³/mol. The van der Waals surface area contributed by atoms with E-state index in [1.165, 1.54) is 22.3 Å². The van der Waals surface area contributed by atoms with Gasteiger partial charge in [-0.15, -0.1) is 0 Å². The Labute approximate surface area is 336 Å². The van der Waals surface area contributed by atoms with Crippen LogP contribution in [0.1, 0.15) is 0 Å². The van der Waals surface area contributed by atoms with Crippen molar-refractivity contribution in [2.45, 2.75) is 0 Å². The Kier molecular flexibility index (Phi) is 8.15. The average Bonchev–Trinajstić information content (AvgIpc) is 3.75. The molecule has 0 aliphatic rings. The van der Waals surface area contributed by atoms with Gasteiger partial charge in [0.1, 0.15) is 5.52 Å². The fourth-order valence-electron chi connectivity index (χ4n) is 8.45. The van der Waals surface area contributed by atoms with E-state index in [9.17, 15) is 0 Å². The Hall–Kier alpha value is -7.75. The maximum atomic E-state index is 6.68. The fourth-order valence-corrected chi connectivity index (χ4v) is 8.45. The van der Waals surface area contributed by atoms with Crippen molar-refractivity contribution in [2.24, 2.45) is 0 Å². The minimum absolute atomic E-state index is 0.624. The quantitative estimate of drug-likeness (QED) is 0.152. The molecule has 10 aromatic carbocycles. The van der Waals surface area contributed by atoms with Gasteiger partial charge in [-0.2, -0.15) is 0 Å². The number of anilines is 3. The Morgan fingerprint density at radius 2 is 0.862 bits per heavy atom. The molecule has 58 heavy (non-hydrogen) atoms. The van der Waals surface area contributed by atoms with E-state index in [0.29, 0.717) is 5.89 Å². The van der Waals surface area contributed by atoms with Crippen LogP contribution in [0.4, 0.5) is 17.1 Å². The molecule has 0 N–H and O–H groups in total. The molecular formula is C55H36N2O. The van der Waals surface area contributed by atoms with Gasteiger partial charge in [0.25, 0.3) is 0 Å². The molecule has 0 unspecified atom stereocenters. The van der Waals surface area contributed by atoms with E-state index in [0.717, 1.165) is 77.2 Å². The van der Waals surface area contributed by atoms with Gasteiger partial charge in [0, 0.05) is 33.1 Å². The lowest BCUT2D eigenvalue weighted by molar-refractivity contribution is 0.623. The molecule has 0 saturated heterocycles. The Balaban J connectivity index is 1.18. The lowest BCUT2D eigenvalue weighted by Gasteiger charge is -2.28. The van der Waals surface area contributed by atoms with E-state index in [4.69, 9.17) is 9.40 Å². The van der Waals surface area contributed by atoms with Crippen LogP contribution in [-0.4, -0.2) is 4.98 Å². The molecule has 0 bridgehead atoms. The van der Waals surface area contributed by atoms with E-state index >= 15 is 0 Å². The average molecular weight is 741 g/mol. The first kappa shape index (κ1) is 33.6.